The smallest absolute Gasteiger partial charge is 0.0638 e. The van der Waals surface area contributed by atoms with Crippen molar-refractivity contribution in [1.29, 1.82) is 0 Å². The van der Waals surface area contributed by atoms with Crippen LogP contribution in [0.3, 0.4) is 0 Å². The van der Waals surface area contributed by atoms with Crippen LogP contribution in [0.2, 0.25) is 0 Å². The first-order valence-corrected chi connectivity index (χ1v) is 6.53. The van der Waals surface area contributed by atoms with Gasteiger partial charge in [0.25, 0.3) is 0 Å². The van der Waals surface area contributed by atoms with Crippen LogP contribution in [0.25, 0.3) is 0 Å². The van der Waals surface area contributed by atoms with Crippen LogP contribution in [-0.2, 0) is 19.6 Å². The molecule has 5 nitrogen and oxygen atoms in total. The molecular weight excluding hydrogens is 238 g/mol. The van der Waals surface area contributed by atoms with Crippen LogP contribution in [0.4, 0.5) is 0 Å². The molecule has 0 bridgehead atoms. The maximum absolute atomic E-state index is 4.44. The van der Waals surface area contributed by atoms with E-state index in [1.807, 2.05) is 34.6 Å². The molecule has 0 aliphatic carbocycles. The zero-order chi connectivity index (χ0) is 13.7. The van der Waals surface area contributed by atoms with Gasteiger partial charge in [0.1, 0.15) is 0 Å². The molecule has 0 aliphatic rings. The molecule has 2 heterocycles. The van der Waals surface area contributed by atoms with Crippen LogP contribution in [-0.4, -0.2) is 25.6 Å². The lowest BCUT2D eigenvalue weighted by atomic mass is 10.2. The largest absolute Gasteiger partial charge is 0.308 e. The fourth-order valence-corrected chi connectivity index (χ4v) is 2.00. The van der Waals surface area contributed by atoms with Gasteiger partial charge in [-0.2, -0.15) is 10.2 Å². The Morgan fingerprint density at radius 3 is 3.00 bits per heavy atom. The molecule has 0 radical (unpaired) electrons. The van der Waals surface area contributed by atoms with Crippen LogP contribution in [0.5, 0.6) is 0 Å². The average molecular weight is 259 g/mol. The molecule has 102 valence electrons. The molecular formula is C14H21N5. The van der Waals surface area contributed by atoms with Crippen LogP contribution in [0, 0.1) is 6.92 Å². The van der Waals surface area contributed by atoms with Gasteiger partial charge in [-0.05, 0) is 19.9 Å². The number of hydrogen-bond donors (Lipinski definition) is 1. The monoisotopic (exact) mass is 259 g/mol. The summed E-state index contributed by atoms with van der Waals surface area (Å²) >= 11 is 0. The first kappa shape index (κ1) is 13.5. The Bertz CT molecular complexity index is 512. The maximum Gasteiger partial charge on any atom is 0.0638 e. The summed E-state index contributed by atoms with van der Waals surface area (Å²) in [4.78, 5) is 0. The quantitative estimate of drug-likeness (QED) is 0.771. The first-order chi connectivity index (χ1) is 9.19. The number of hydrogen-bond acceptors (Lipinski definition) is 3. The predicted octanol–water partition coefficient (Wildman–Crippen LogP) is 1.75. The Balaban J connectivity index is 1.85. The van der Waals surface area contributed by atoms with Gasteiger partial charge in [-0.3, -0.25) is 9.36 Å². The number of allylic oxidation sites excluding steroid dienone is 1. The maximum atomic E-state index is 4.44. The molecule has 0 spiro atoms. The van der Waals surface area contributed by atoms with Gasteiger partial charge in [0.05, 0.1) is 18.8 Å². The van der Waals surface area contributed by atoms with Crippen LogP contribution in [0.15, 0.2) is 37.3 Å². The second-order valence-corrected chi connectivity index (χ2v) is 4.76. The van der Waals surface area contributed by atoms with E-state index in [-0.39, 0.29) is 0 Å². The van der Waals surface area contributed by atoms with E-state index in [9.17, 15) is 0 Å². The van der Waals surface area contributed by atoms with E-state index >= 15 is 0 Å². The number of nitrogens with zero attached hydrogens (tertiary/aromatic N) is 4. The van der Waals surface area contributed by atoms with Crippen molar-refractivity contribution < 1.29 is 0 Å². The summed E-state index contributed by atoms with van der Waals surface area (Å²) in [5.41, 5.74) is 2.30. The molecule has 19 heavy (non-hydrogen) atoms. The van der Waals surface area contributed by atoms with Crippen molar-refractivity contribution in [3.63, 3.8) is 0 Å². The summed E-state index contributed by atoms with van der Waals surface area (Å²) in [6, 6.07) is 2.30. The summed E-state index contributed by atoms with van der Waals surface area (Å²) in [6.45, 7) is 10.4. The van der Waals surface area contributed by atoms with Crippen molar-refractivity contribution in [2.24, 2.45) is 0 Å². The van der Waals surface area contributed by atoms with Gasteiger partial charge < -0.3 is 5.32 Å². The minimum absolute atomic E-state index is 0.363. The number of aryl methyl sites for hydroxylation is 1. The third-order valence-corrected chi connectivity index (χ3v) is 3.03. The number of aromatic nitrogens is 4. The molecule has 2 rings (SSSR count). The highest BCUT2D eigenvalue weighted by Crippen LogP contribution is 2.06. The summed E-state index contributed by atoms with van der Waals surface area (Å²) in [6.07, 6.45) is 7.70. The summed E-state index contributed by atoms with van der Waals surface area (Å²) in [5, 5.41) is 12.1. The van der Waals surface area contributed by atoms with Gasteiger partial charge in [-0.1, -0.05) is 6.08 Å². The highest BCUT2D eigenvalue weighted by molar-refractivity contribution is 5.15. The van der Waals surface area contributed by atoms with Gasteiger partial charge in [-0.15, -0.1) is 6.58 Å². The van der Waals surface area contributed by atoms with Crippen LogP contribution >= 0.6 is 0 Å². The van der Waals surface area contributed by atoms with Gasteiger partial charge in [-0.25, -0.2) is 0 Å². The molecule has 0 saturated heterocycles. The molecule has 1 atom stereocenters. The summed E-state index contributed by atoms with van der Waals surface area (Å²) < 4.78 is 3.85. The van der Waals surface area contributed by atoms with E-state index in [1.54, 1.807) is 6.20 Å². The van der Waals surface area contributed by atoms with E-state index in [1.165, 1.54) is 5.56 Å². The lowest BCUT2D eigenvalue weighted by molar-refractivity contribution is 0.450. The normalized spacial score (nSPS) is 12.5. The van der Waals surface area contributed by atoms with E-state index in [0.29, 0.717) is 6.04 Å². The zero-order valence-electron chi connectivity index (χ0n) is 11.6. The Hall–Kier alpha value is -1.88. The number of rotatable bonds is 7. The minimum Gasteiger partial charge on any atom is -0.308 e. The fourth-order valence-electron chi connectivity index (χ4n) is 2.00. The highest BCUT2D eigenvalue weighted by Gasteiger charge is 2.07. The second kappa shape index (κ2) is 6.33. The molecule has 0 saturated carbocycles. The van der Waals surface area contributed by atoms with Crippen molar-refractivity contribution in [3.05, 3.63) is 48.6 Å². The molecule has 0 amide bonds. The zero-order valence-corrected chi connectivity index (χ0v) is 11.6. The van der Waals surface area contributed by atoms with E-state index in [4.69, 9.17) is 0 Å². The Kier molecular flexibility index (Phi) is 4.52. The lowest BCUT2D eigenvalue weighted by Crippen LogP contribution is -2.30. The van der Waals surface area contributed by atoms with Crippen LogP contribution < -0.4 is 5.32 Å². The summed E-state index contributed by atoms with van der Waals surface area (Å²) in [5.74, 6) is 0. The summed E-state index contributed by atoms with van der Waals surface area (Å²) in [7, 11) is 0. The topological polar surface area (TPSA) is 47.7 Å². The highest BCUT2D eigenvalue weighted by atomic mass is 15.3. The standard InChI is InChI=1S/C14H21N5/c1-4-7-19-11-14(13(3)17-19)9-15-12(2)10-18-8-5-6-16-18/h4-6,8,11-12,15H,1,7,9-10H2,2-3H3. The molecule has 2 aromatic heterocycles. The third kappa shape index (κ3) is 3.79. The second-order valence-electron chi connectivity index (χ2n) is 4.76. The first-order valence-electron chi connectivity index (χ1n) is 6.53. The molecule has 1 unspecified atom stereocenters. The Labute approximate surface area is 113 Å². The van der Waals surface area contributed by atoms with Crippen molar-refractivity contribution in [1.82, 2.24) is 24.9 Å². The van der Waals surface area contributed by atoms with Gasteiger partial charge in [0, 0.05) is 36.7 Å². The lowest BCUT2D eigenvalue weighted by Gasteiger charge is -2.13. The molecule has 0 aliphatic heterocycles. The predicted molar refractivity (Wildman–Crippen MR) is 75.7 cm³/mol. The molecule has 1 N–H and O–H groups in total. The SMILES string of the molecule is C=CCn1cc(CNC(C)Cn2cccn2)c(C)n1. The molecule has 2 aromatic rings. The molecule has 0 fully saturated rings. The van der Waals surface area contributed by atoms with Gasteiger partial charge >= 0.3 is 0 Å². The van der Waals surface area contributed by atoms with Crippen molar-refractivity contribution in [2.45, 2.75) is 39.5 Å². The van der Waals surface area contributed by atoms with E-state index in [0.717, 1.165) is 25.3 Å². The van der Waals surface area contributed by atoms with Crippen molar-refractivity contribution in [3.8, 4) is 0 Å². The number of nitrogens with one attached hydrogen (secondary N) is 1. The van der Waals surface area contributed by atoms with E-state index in [2.05, 4.69) is 35.2 Å². The Morgan fingerprint density at radius 2 is 2.32 bits per heavy atom. The third-order valence-electron chi connectivity index (χ3n) is 3.03. The molecule has 0 aromatic carbocycles. The fraction of sp³-hybridized carbons (Fsp3) is 0.429. The average Bonchev–Trinajstić information content (AvgIpc) is 2.97. The van der Waals surface area contributed by atoms with Crippen LogP contribution in [0.1, 0.15) is 18.2 Å². The molecule has 5 heteroatoms. The van der Waals surface area contributed by atoms with Crippen molar-refractivity contribution in [2.75, 3.05) is 0 Å². The van der Waals surface area contributed by atoms with Crippen molar-refractivity contribution >= 4 is 0 Å². The van der Waals surface area contributed by atoms with E-state index < -0.39 is 0 Å². The van der Waals surface area contributed by atoms with Gasteiger partial charge in [0.2, 0.25) is 0 Å². The Morgan fingerprint density at radius 1 is 1.47 bits per heavy atom. The minimum atomic E-state index is 0.363. The van der Waals surface area contributed by atoms with Gasteiger partial charge in [0.15, 0.2) is 0 Å².